The molecule has 2 heterocycles. The minimum Gasteiger partial charge on any atom is -0.481 e. The first-order chi connectivity index (χ1) is 9.24. The number of hydrogen-bond acceptors (Lipinski definition) is 5. The predicted molar refractivity (Wildman–Crippen MR) is 69.3 cm³/mol. The maximum atomic E-state index is 10.7. The fraction of sp³-hybridized carbons (Fsp3) is 0.750. The average Bonchev–Trinajstić information content (AvgIpc) is 2.95. The lowest BCUT2D eigenvalue weighted by molar-refractivity contribution is -0.133. The number of aliphatic carboxylic acids is 1. The zero-order chi connectivity index (χ0) is 13.2. The van der Waals surface area contributed by atoms with Crippen LogP contribution in [0.1, 0.15) is 31.0 Å². The van der Waals surface area contributed by atoms with Crippen molar-refractivity contribution in [3.05, 3.63) is 5.82 Å². The molecule has 0 radical (unpaired) electrons. The number of carboxylic acid groups (broad SMARTS) is 1. The number of aromatic nitrogens is 3. The summed E-state index contributed by atoms with van der Waals surface area (Å²) in [7, 11) is 0. The Morgan fingerprint density at radius 3 is 2.89 bits per heavy atom. The summed E-state index contributed by atoms with van der Waals surface area (Å²) in [6, 6.07) is 0. The maximum Gasteiger partial charge on any atom is 0.313 e. The minimum atomic E-state index is -0.822. The summed E-state index contributed by atoms with van der Waals surface area (Å²) >= 11 is 1.25. The monoisotopic (exact) mass is 283 g/mol. The number of nitrogens with zero attached hydrogens (tertiary/aromatic N) is 3. The van der Waals surface area contributed by atoms with Gasteiger partial charge < -0.3 is 14.4 Å². The highest BCUT2D eigenvalue weighted by atomic mass is 32.2. The van der Waals surface area contributed by atoms with Crippen LogP contribution in [0.25, 0.3) is 0 Å². The Bertz CT molecular complexity index is 467. The summed E-state index contributed by atoms with van der Waals surface area (Å²) in [4.78, 5) is 10.7. The van der Waals surface area contributed by atoms with Crippen molar-refractivity contribution >= 4 is 17.7 Å². The molecule has 1 saturated heterocycles. The Hall–Kier alpha value is -1.08. The maximum absolute atomic E-state index is 10.7. The van der Waals surface area contributed by atoms with Gasteiger partial charge in [-0.2, -0.15) is 0 Å². The second kappa shape index (κ2) is 5.50. The van der Waals surface area contributed by atoms with Crippen molar-refractivity contribution in [3.8, 4) is 0 Å². The Morgan fingerprint density at radius 1 is 1.42 bits per heavy atom. The molecule has 1 aliphatic carbocycles. The molecule has 1 saturated carbocycles. The van der Waals surface area contributed by atoms with Crippen LogP contribution in [0.4, 0.5) is 0 Å². The van der Waals surface area contributed by atoms with E-state index in [4.69, 9.17) is 9.84 Å². The van der Waals surface area contributed by atoms with E-state index in [1.807, 2.05) is 0 Å². The van der Waals surface area contributed by atoms with Gasteiger partial charge in [0.2, 0.25) is 0 Å². The molecule has 1 aliphatic heterocycles. The molecule has 1 aromatic heterocycles. The third kappa shape index (κ3) is 3.09. The standard InChI is InChI=1S/C12H17N3O3S/c16-10(17)7-19-12-14-13-11(9-1-2-9)15(12)5-8-3-4-18-6-8/h8-9H,1-7H2,(H,16,17). The van der Waals surface area contributed by atoms with E-state index in [0.717, 1.165) is 37.2 Å². The Balaban J connectivity index is 1.75. The highest BCUT2D eigenvalue weighted by Gasteiger charge is 2.31. The van der Waals surface area contributed by atoms with Gasteiger partial charge >= 0.3 is 5.97 Å². The Morgan fingerprint density at radius 2 is 2.26 bits per heavy atom. The molecule has 0 aromatic carbocycles. The molecule has 2 fully saturated rings. The van der Waals surface area contributed by atoms with Crippen LogP contribution in [0.3, 0.4) is 0 Å². The van der Waals surface area contributed by atoms with Crippen molar-refractivity contribution in [2.45, 2.75) is 36.9 Å². The van der Waals surface area contributed by atoms with Crippen molar-refractivity contribution in [1.82, 2.24) is 14.8 Å². The number of thioether (sulfide) groups is 1. The first-order valence-electron chi connectivity index (χ1n) is 6.59. The molecule has 7 heteroatoms. The molecule has 1 atom stereocenters. The van der Waals surface area contributed by atoms with Crippen molar-refractivity contribution in [1.29, 1.82) is 0 Å². The first-order valence-corrected chi connectivity index (χ1v) is 7.58. The zero-order valence-electron chi connectivity index (χ0n) is 10.6. The van der Waals surface area contributed by atoms with E-state index in [1.165, 1.54) is 24.6 Å². The topological polar surface area (TPSA) is 77.2 Å². The molecule has 1 aromatic rings. The van der Waals surface area contributed by atoms with E-state index in [1.54, 1.807) is 0 Å². The van der Waals surface area contributed by atoms with Crippen molar-refractivity contribution in [3.63, 3.8) is 0 Å². The van der Waals surface area contributed by atoms with E-state index >= 15 is 0 Å². The SMILES string of the molecule is O=C(O)CSc1nnc(C2CC2)n1CC1CCOC1. The van der Waals surface area contributed by atoms with Gasteiger partial charge in [-0.3, -0.25) is 4.79 Å². The summed E-state index contributed by atoms with van der Waals surface area (Å²) in [6.07, 6.45) is 3.40. The Labute approximate surface area is 115 Å². The second-order valence-electron chi connectivity index (χ2n) is 5.14. The lowest BCUT2D eigenvalue weighted by atomic mass is 10.1. The van der Waals surface area contributed by atoms with Gasteiger partial charge in [0.15, 0.2) is 5.16 Å². The summed E-state index contributed by atoms with van der Waals surface area (Å²) in [5.74, 6) is 1.26. The summed E-state index contributed by atoms with van der Waals surface area (Å²) < 4.78 is 7.52. The van der Waals surface area contributed by atoms with Crippen LogP contribution < -0.4 is 0 Å². The molecule has 19 heavy (non-hydrogen) atoms. The van der Waals surface area contributed by atoms with E-state index in [2.05, 4.69) is 14.8 Å². The lowest BCUT2D eigenvalue weighted by Crippen LogP contribution is -2.14. The number of rotatable bonds is 6. The van der Waals surface area contributed by atoms with Gasteiger partial charge in [-0.15, -0.1) is 10.2 Å². The molecule has 0 spiro atoms. The molecular weight excluding hydrogens is 266 g/mol. The van der Waals surface area contributed by atoms with Gasteiger partial charge in [-0.1, -0.05) is 11.8 Å². The van der Waals surface area contributed by atoms with Crippen LogP contribution in [-0.2, 0) is 16.1 Å². The van der Waals surface area contributed by atoms with Crippen LogP contribution in [-0.4, -0.2) is 44.8 Å². The minimum absolute atomic E-state index is 0.0317. The second-order valence-corrected chi connectivity index (χ2v) is 6.08. The van der Waals surface area contributed by atoms with Crippen LogP contribution in [0.5, 0.6) is 0 Å². The zero-order valence-corrected chi connectivity index (χ0v) is 11.4. The van der Waals surface area contributed by atoms with Crippen LogP contribution in [0.2, 0.25) is 0 Å². The smallest absolute Gasteiger partial charge is 0.313 e. The molecular formula is C12H17N3O3S. The quantitative estimate of drug-likeness (QED) is 0.795. The summed E-state index contributed by atoms with van der Waals surface area (Å²) in [6.45, 7) is 2.45. The molecule has 1 unspecified atom stereocenters. The van der Waals surface area contributed by atoms with Gasteiger partial charge in [-0.25, -0.2) is 0 Å². The van der Waals surface area contributed by atoms with Gasteiger partial charge in [-0.05, 0) is 19.3 Å². The van der Waals surface area contributed by atoms with E-state index in [-0.39, 0.29) is 5.75 Å². The molecule has 104 valence electrons. The van der Waals surface area contributed by atoms with Gasteiger partial charge in [0, 0.05) is 25.0 Å². The number of ether oxygens (including phenoxy) is 1. The number of carbonyl (C=O) groups is 1. The number of carboxylic acids is 1. The highest BCUT2D eigenvalue weighted by Crippen LogP contribution is 2.40. The average molecular weight is 283 g/mol. The Kier molecular flexibility index (Phi) is 3.74. The first kappa shape index (κ1) is 12.9. The molecule has 3 rings (SSSR count). The molecule has 0 bridgehead atoms. The largest absolute Gasteiger partial charge is 0.481 e. The van der Waals surface area contributed by atoms with E-state index < -0.39 is 5.97 Å². The molecule has 2 aliphatic rings. The van der Waals surface area contributed by atoms with Crippen LogP contribution in [0.15, 0.2) is 5.16 Å². The van der Waals surface area contributed by atoms with E-state index in [0.29, 0.717) is 11.8 Å². The number of hydrogen-bond donors (Lipinski definition) is 1. The molecule has 6 nitrogen and oxygen atoms in total. The van der Waals surface area contributed by atoms with Gasteiger partial charge in [0.1, 0.15) is 5.82 Å². The van der Waals surface area contributed by atoms with E-state index in [9.17, 15) is 4.79 Å². The lowest BCUT2D eigenvalue weighted by Gasteiger charge is -2.13. The summed E-state index contributed by atoms with van der Waals surface area (Å²) in [5, 5.41) is 17.9. The third-order valence-corrected chi connectivity index (χ3v) is 4.43. The van der Waals surface area contributed by atoms with Crippen LogP contribution in [0, 0.1) is 5.92 Å². The normalized spacial score (nSPS) is 22.8. The van der Waals surface area contributed by atoms with Gasteiger partial charge in [0.05, 0.1) is 12.4 Å². The fourth-order valence-corrected chi connectivity index (χ4v) is 3.01. The molecule has 1 N–H and O–H groups in total. The van der Waals surface area contributed by atoms with Crippen LogP contribution >= 0.6 is 11.8 Å². The molecule has 0 amide bonds. The fourth-order valence-electron chi connectivity index (χ4n) is 2.33. The van der Waals surface area contributed by atoms with Crippen molar-refractivity contribution in [2.75, 3.05) is 19.0 Å². The third-order valence-electron chi connectivity index (χ3n) is 3.48. The van der Waals surface area contributed by atoms with Gasteiger partial charge in [0.25, 0.3) is 0 Å². The van der Waals surface area contributed by atoms with Crippen molar-refractivity contribution < 1.29 is 14.6 Å². The van der Waals surface area contributed by atoms with Crippen molar-refractivity contribution in [2.24, 2.45) is 5.92 Å². The summed E-state index contributed by atoms with van der Waals surface area (Å²) in [5.41, 5.74) is 0. The highest BCUT2D eigenvalue weighted by molar-refractivity contribution is 7.99. The predicted octanol–water partition coefficient (Wildman–Crippen LogP) is 1.37.